The third-order valence-electron chi connectivity index (χ3n) is 3.43. The first-order valence-electron chi connectivity index (χ1n) is 6.36. The van der Waals surface area contributed by atoms with E-state index in [1.54, 1.807) is 12.1 Å². The highest BCUT2D eigenvalue weighted by Crippen LogP contribution is 2.20. The molecule has 2 rings (SSSR count). The summed E-state index contributed by atoms with van der Waals surface area (Å²) < 4.78 is 13.6. The summed E-state index contributed by atoms with van der Waals surface area (Å²) in [4.78, 5) is 2.34. The quantitative estimate of drug-likeness (QED) is 0.849. The maximum Gasteiger partial charge on any atom is 0.146 e. The van der Waals surface area contributed by atoms with Crippen molar-refractivity contribution in [1.82, 2.24) is 4.90 Å². The zero-order chi connectivity index (χ0) is 12.3. The average Bonchev–Trinajstić information content (AvgIpc) is 2.49. The number of halogens is 1. The summed E-state index contributed by atoms with van der Waals surface area (Å²) in [7, 11) is 2.15. The number of hydrogen-bond donors (Lipinski definition) is 1. The number of hydrogen-bond acceptors (Lipinski definition) is 2. The van der Waals surface area contributed by atoms with Crippen molar-refractivity contribution in [1.29, 1.82) is 0 Å². The fourth-order valence-corrected chi connectivity index (χ4v) is 2.35. The molecule has 0 bridgehead atoms. The molecule has 94 valence electrons. The van der Waals surface area contributed by atoms with Crippen molar-refractivity contribution < 1.29 is 4.39 Å². The Morgan fingerprint density at radius 3 is 2.94 bits per heavy atom. The maximum absolute atomic E-state index is 13.6. The van der Waals surface area contributed by atoms with Crippen LogP contribution in [0.25, 0.3) is 0 Å². The molecule has 1 N–H and O–H groups in total. The molecule has 1 aliphatic heterocycles. The van der Waals surface area contributed by atoms with Crippen LogP contribution >= 0.6 is 0 Å². The van der Waals surface area contributed by atoms with E-state index in [9.17, 15) is 4.39 Å². The highest BCUT2D eigenvalue weighted by Gasteiger charge is 2.15. The van der Waals surface area contributed by atoms with Crippen molar-refractivity contribution >= 4 is 5.69 Å². The molecule has 1 aliphatic rings. The number of anilines is 1. The molecular formula is C14H21FN2. The highest BCUT2D eigenvalue weighted by molar-refractivity contribution is 5.47. The molecule has 1 heterocycles. The van der Waals surface area contributed by atoms with Crippen LogP contribution in [0.3, 0.4) is 0 Å². The third-order valence-corrected chi connectivity index (χ3v) is 3.43. The number of likely N-dealkylation sites (tertiary alicyclic amines) is 1. The van der Waals surface area contributed by atoms with Gasteiger partial charge in [-0.05, 0) is 64.0 Å². The second-order valence-corrected chi connectivity index (χ2v) is 5.06. The molecule has 0 saturated carbocycles. The lowest BCUT2D eigenvalue weighted by molar-refractivity contribution is 0.348. The molecule has 0 spiro atoms. The van der Waals surface area contributed by atoms with Crippen LogP contribution in [-0.2, 0) is 0 Å². The summed E-state index contributed by atoms with van der Waals surface area (Å²) in [5, 5.41) is 3.35. The van der Waals surface area contributed by atoms with Crippen LogP contribution in [0.15, 0.2) is 18.2 Å². The fourth-order valence-electron chi connectivity index (χ4n) is 2.35. The Morgan fingerprint density at radius 2 is 2.12 bits per heavy atom. The van der Waals surface area contributed by atoms with Crippen LogP contribution < -0.4 is 5.32 Å². The molecule has 0 aromatic heterocycles. The Labute approximate surface area is 103 Å². The van der Waals surface area contributed by atoms with Gasteiger partial charge in [0.15, 0.2) is 0 Å². The lowest BCUT2D eigenvalue weighted by Gasteiger charge is -2.18. The van der Waals surface area contributed by atoms with E-state index in [0.29, 0.717) is 11.7 Å². The van der Waals surface area contributed by atoms with E-state index in [1.807, 2.05) is 13.0 Å². The Morgan fingerprint density at radius 1 is 1.29 bits per heavy atom. The van der Waals surface area contributed by atoms with Gasteiger partial charge in [-0.1, -0.05) is 6.07 Å². The molecule has 1 fully saturated rings. The molecule has 1 aromatic rings. The lowest BCUT2D eigenvalue weighted by Crippen LogP contribution is -2.23. The predicted molar refractivity (Wildman–Crippen MR) is 69.9 cm³/mol. The average molecular weight is 236 g/mol. The molecule has 2 nitrogen and oxygen atoms in total. The summed E-state index contributed by atoms with van der Waals surface area (Å²) in [6.45, 7) is 4.23. The van der Waals surface area contributed by atoms with E-state index < -0.39 is 0 Å². The summed E-state index contributed by atoms with van der Waals surface area (Å²) in [5.41, 5.74) is 1.75. The lowest BCUT2D eigenvalue weighted by atomic mass is 10.1. The second kappa shape index (κ2) is 5.50. The SMILES string of the molecule is Cc1ccc(F)c(NC2CCCN(C)CC2)c1. The molecule has 0 radical (unpaired) electrons. The monoisotopic (exact) mass is 236 g/mol. The number of benzene rings is 1. The van der Waals surface area contributed by atoms with Crippen LogP contribution in [0.5, 0.6) is 0 Å². The van der Waals surface area contributed by atoms with Gasteiger partial charge in [0.1, 0.15) is 5.82 Å². The van der Waals surface area contributed by atoms with E-state index in [1.165, 1.54) is 6.42 Å². The molecular weight excluding hydrogens is 215 g/mol. The minimum atomic E-state index is -0.145. The topological polar surface area (TPSA) is 15.3 Å². The number of aryl methyl sites for hydroxylation is 1. The van der Waals surface area contributed by atoms with E-state index in [0.717, 1.165) is 31.5 Å². The van der Waals surface area contributed by atoms with Crippen LogP contribution in [0, 0.1) is 12.7 Å². The van der Waals surface area contributed by atoms with Gasteiger partial charge in [-0.25, -0.2) is 4.39 Å². The fraction of sp³-hybridized carbons (Fsp3) is 0.571. The van der Waals surface area contributed by atoms with Gasteiger partial charge in [-0.3, -0.25) is 0 Å². The predicted octanol–water partition coefficient (Wildman–Crippen LogP) is 3.03. The van der Waals surface area contributed by atoms with Gasteiger partial charge in [0.2, 0.25) is 0 Å². The molecule has 0 amide bonds. The summed E-state index contributed by atoms with van der Waals surface area (Å²) in [6.07, 6.45) is 3.39. The molecule has 17 heavy (non-hydrogen) atoms. The van der Waals surface area contributed by atoms with Gasteiger partial charge in [0, 0.05) is 6.04 Å². The maximum atomic E-state index is 13.6. The van der Waals surface area contributed by atoms with Crippen LogP contribution in [-0.4, -0.2) is 31.1 Å². The highest BCUT2D eigenvalue weighted by atomic mass is 19.1. The minimum absolute atomic E-state index is 0.145. The number of rotatable bonds is 2. The molecule has 1 unspecified atom stereocenters. The standard InChI is InChI=1S/C14H21FN2/c1-11-5-6-13(15)14(10-11)16-12-4-3-8-17(2)9-7-12/h5-6,10,12,16H,3-4,7-9H2,1-2H3. The van der Waals surface area contributed by atoms with E-state index in [4.69, 9.17) is 0 Å². The van der Waals surface area contributed by atoms with Gasteiger partial charge in [0.25, 0.3) is 0 Å². The van der Waals surface area contributed by atoms with Crippen molar-refractivity contribution in [2.24, 2.45) is 0 Å². The zero-order valence-electron chi connectivity index (χ0n) is 10.7. The molecule has 0 aliphatic carbocycles. The van der Waals surface area contributed by atoms with E-state index >= 15 is 0 Å². The molecule has 1 atom stereocenters. The summed E-state index contributed by atoms with van der Waals surface area (Å²) >= 11 is 0. The van der Waals surface area contributed by atoms with Crippen molar-refractivity contribution in [3.8, 4) is 0 Å². The van der Waals surface area contributed by atoms with Gasteiger partial charge < -0.3 is 10.2 Å². The van der Waals surface area contributed by atoms with Crippen molar-refractivity contribution in [3.05, 3.63) is 29.6 Å². The van der Waals surface area contributed by atoms with E-state index in [-0.39, 0.29) is 5.82 Å². The molecule has 3 heteroatoms. The Bertz CT molecular complexity index is 378. The first-order valence-corrected chi connectivity index (χ1v) is 6.36. The third kappa shape index (κ3) is 3.43. The van der Waals surface area contributed by atoms with Crippen LogP contribution in [0.4, 0.5) is 10.1 Å². The van der Waals surface area contributed by atoms with Gasteiger partial charge in [-0.15, -0.1) is 0 Å². The van der Waals surface area contributed by atoms with Gasteiger partial charge >= 0.3 is 0 Å². The zero-order valence-corrected chi connectivity index (χ0v) is 10.7. The minimum Gasteiger partial charge on any atom is -0.380 e. The summed E-state index contributed by atoms with van der Waals surface area (Å²) in [6, 6.07) is 5.64. The van der Waals surface area contributed by atoms with Crippen molar-refractivity contribution in [3.63, 3.8) is 0 Å². The summed E-state index contributed by atoms with van der Waals surface area (Å²) in [5.74, 6) is -0.145. The molecule has 1 aromatic carbocycles. The first-order chi connectivity index (χ1) is 8.15. The van der Waals surface area contributed by atoms with Crippen LogP contribution in [0.2, 0.25) is 0 Å². The number of nitrogens with zero attached hydrogens (tertiary/aromatic N) is 1. The van der Waals surface area contributed by atoms with Crippen molar-refractivity contribution in [2.75, 3.05) is 25.5 Å². The normalized spacial score (nSPS) is 22.2. The Hall–Kier alpha value is -1.09. The largest absolute Gasteiger partial charge is 0.380 e. The van der Waals surface area contributed by atoms with Crippen molar-refractivity contribution in [2.45, 2.75) is 32.2 Å². The Balaban J connectivity index is 2.02. The van der Waals surface area contributed by atoms with E-state index in [2.05, 4.69) is 17.3 Å². The van der Waals surface area contributed by atoms with Crippen LogP contribution in [0.1, 0.15) is 24.8 Å². The molecule has 1 saturated heterocycles. The first kappa shape index (κ1) is 12.4. The van der Waals surface area contributed by atoms with Gasteiger partial charge in [0.05, 0.1) is 5.69 Å². The Kier molecular flexibility index (Phi) is 4.00. The second-order valence-electron chi connectivity index (χ2n) is 5.06. The van der Waals surface area contributed by atoms with Gasteiger partial charge in [-0.2, -0.15) is 0 Å². The number of nitrogens with one attached hydrogen (secondary N) is 1. The smallest absolute Gasteiger partial charge is 0.146 e.